The first-order valence-electron chi connectivity index (χ1n) is 10.9. The smallest absolute Gasteiger partial charge is 0.383 e. The predicted molar refractivity (Wildman–Crippen MR) is 110 cm³/mol. The molecule has 2 heterocycles. The molecule has 4 nitrogen and oxygen atoms in total. The number of hydrogen-bond donors (Lipinski definition) is 1. The fourth-order valence-electron chi connectivity index (χ4n) is 4.92. The molecule has 35 heavy (non-hydrogen) atoms. The second kappa shape index (κ2) is 9.09. The molecule has 2 aliphatic heterocycles. The van der Waals surface area contributed by atoms with Gasteiger partial charge in [-0.2, -0.15) is 26.3 Å². The SMILES string of the molecule is C[C@@H](O[C@H]1CN2C(=O)C(O)CC[C@H]2[C@@H]1c1ccc(F)cc1)c1cc(C(F)(F)F)cc(C(F)(F)F)c1. The highest BCUT2D eigenvalue weighted by Gasteiger charge is 2.49. The summed E-state index contributed by atoms with van der Waals surface area (Å²) in [5, 5.41) is 9.98. The van der Waals surface area contributed by atoms with Gasteiger partial charge in [0.25, 0.3) is 5.91 Å². The molecule has 1 amide bonds. The van der Waals surface area contributed by atoms with Crippen LogP contribution in [-0.2, 0) is 21.9 Å². The van der Waals surface area contributed by atoms with Crippen LogP contribution < -0.4 is 0 Å². The van der Waals surface area contributed by atoms with E-state index in [1.165, 1.54) is 36.1 Å². The molecule has 2 aromatic carbocycles. The first kappa shape index (κ1) is 25.4. The van der Waals surface area contributed by atoms with Gasteiger partial charge >= 0.3 is 12.4 Å². The minimum Gasteiger partial charge on any atom is -0.383 e. The summed E-state index contributed by atoms with van der Waals surface area (Å²) in [4.78, 5) is 14.0. The predicted octanol–water partition coefficient (Wildman–Crippen LogP) is 5.46. The van der Waals surface area contributed by atoms with E-state index in [2.05, 4.69) is 0 Å². The number of benzene rings is 2. The molecule has 0 radical (unpaired) electrons. The van der Waals surface area contributed by atoms with E-state index in [0.717, 1.165) is 0 Å². The lowest BCUT2D eigenvalue weighted by atomic mass is 9.85. The van der Waals surface area contributed by atoms with E-state index in [-0.39, 0.29) is 24.6 Å². The lowest BCUT2D eigenvalue weighted by Gasteiger charge is -2.34. The fraction of sp³-hybridized carbons (Fsp3) is 0.458. The van der Waals surface area contributed by atoms with Crippen molar-refractivity contribution in [1.29, 1.82) is 0 Å². The number of aliphatic hydroxyl groups is 1. The van der Waals surface area contributed by atoms with Gasteiger partial charge in [-0.1, -0.05) is 12.1 Å². The van der Waals surface area contributed by atoms with Gasteiger partial charge in [0.1, 0.15) is 11.9 Å². The number of fused-ring (bicyclic) bond motifs is 1. The van der Waals surface area contributed by atoms with Crippen molar-refractivity contribution in [1.82, 2.24) is 4.90 Å². The minimum atomic E-state index is -5.00. The quantitative estimate of drug-likeness (QED) is 0.562. The molecule has 0 bridgehead atoms. The van der Waals surface area contributed by atoms with E-state index < -0.39 is 65.5 Å². The number of amides is 1. The Labute approximate surface area is 196 Å². The molecular weight excluding hydrogens is 483 g/mol. The van der Waals surface area contributed by atoms with Crippen LogP contribution in [0.15, 0.2) is 42.5 Å². The summed E-state index contributed by atoms with van der Waals surface area (Å²) in [5.41, 5.74) is -2.61. The second-order valence-electron chi connectivity index (χ2n) is 8.88. The summed E-state index contributed by atoms with van der Waals surface area (Å²) in [6.07, 6.45) is -12.6. The van der Waals surface area contributed by atoms with Crippen LogP contribution in [0.1, 0.15) is 54.0 Å². The molecule has 0 saturated carbocycles. The minimum absolute atomic E-state index is 0.0158. The number of piperidine rings is 1. The standard InChI is InChI=1S/C24H22F7NO3/c1-12(14-8-15(23(26,27)28)10-16(9-14)24(29,30)31)35-20-11-32-18(6-7-19(33)22(32)34)21(20)13-2-4-17(25)5-3-13/h2-5,8-10,12,18-21,33H,6-7,11H2,1H3/t12-,18+,19?,20+,21+/m1/s1. The van der Waals surface area contributed by atoms with Crippen LogP contribution in [-0.4, -0.2) is 40.7 Å². The molecule has 2 aliphatic rings. The summed E-state index contributed by atoms with van der Waals surface area (Å²) in [7, 11) is 0. The van der Waals surface area contributed by atoms with Gasteiger partial charge in [-0.15, -0.1) is 0 Å². The molecule has 2 saturated heterocycles. The molecule has 2 fully saturated rings. The van der Waals surface area contributed by atoms with Crippen molar-refractivity contribution in [2.45, 2.75) is 62.4 Å². The molecule has 4 rings (SSSR count). The maximum absolute atomic E-state index is 13.5. The fourth-order valence-corrected chi connectivity index (χ4v) is 4.92. The van der Waals surface area contributed by atoms with E-state index in [0.29, 0.717) is 24.1 Å². The molecule has 0 aliphatic carbocycles. The Hall–Kier alpha value is -2.66. The number of rotatable bonds is 4. The molecule has 0 spiro atoms. The Bertz CT molecular complexity index is 1050. The normalized spacial score (nSPS) is 26.1. The molecular formula is C24H22F7NO3. The monoisotopic (exact) mass is 505 g/mol. The van der Waals surface area contributed by atoms with Crippen LogP contribution in [0.25, 0.3) is 0 Å². The summed E-state index contributed by atoms with van der Waals surface area (Å²) >= 11 is 0. The summed E-state index contributed by atoms with van der Waals surface area (Å²) in [5.74, 6) is -1.53. The van der Waals surface area contributed by atoms with Crippen molar-refractivity contribution < 1.29 is 45.4 Å². The zero-order chi connectivity index (χ0) is 25.7. The van der Waals surface area contributed by atoms with E-state index >= 15 is 0 Å². The van der Waals surface area contributed by atoms with Crippen LogP contribution in [0.3, 0.4) is 0 Å². The average Bonchev–Trinajstić information content (AvgIpc) is 3.14. The number of halogens is 7. The van der Waals surface area contributed by atoms with E-state index in [1.54, 1.807) is 0 Å². The maximum Gasteiger partial charge on any atom is 0.416 e. The Balaban J connectivity index is 1.68. The summed E-state index contributed by atoms with van der Waals surface area (Å²) < 4.78 is 99.3. The highest BCUT2D eigenvalue weighted by atomic mass is 19.4. The molecule has 5 atom stereocenters. The zero-order valence-corrected chi connectivity index (χ0v) is 18.4. The van der Waals surface area contributed by atoms with Gasteiger partial charge in [0.2, 0.25) is 0 Å². The number of hydrogen-bond acceptors (Lipinski definition) is 3. The lowest BCUT2D eigenvalue weighted by Crippen LogP contribution is -2.48. The first-order valence-corrected chi connectivity index (χ1v) is 10.9. The van der Waals surface area contributed by atoms with Gasteiger partial charge < -0.3 is 14.7 Å². The van der Waals surface area contributed by atoms with Crippen molar-refractivity contribution >= 4 is 5.91 Å². The van der Waals surface area contributed by atoms with E-state index in [9.17, 15) is 40.6 Å². The van der Waals surface area contributed by atoms with Gasteiger partial charge in [-0.05, 0) is 61.2 Å². The third-order valence-electron chi connectivity index (χ3n) is 6.61. The van der Waals surface area contributed by atoms with Crippen molar-refractivity contribution in [2.75, 3.05) is 6.54 Å². The Morgan fingerprint density at radius 2 is 1.54 bits per heavy atom. The molecule has 190 valence electrons. The topological polar surface area (TPSA) is 49.8 Å². The van der Waals surface area contributed by atoms with Crippen LogP contribution in [0.5, 0.6) is 0 Å². The second-order valence-corrected chi connectivity index (χ2v) is 8.88. The Morgan fingerprint density at radius 3 is 2.09 bits per heavy atom. The summed E-state index contributed by atoms with van der Waals surface area (Å²) in [6.45, 7) is 1.32. The van der Waals surface area contributed by atoms with Crippen LogP contribution in [0.2, 0.25) is 0 Å². The molecule has 2 aromatic rings. The third kappa shape index (κ3) is 5.16. The Kier molecular flexibility index (Phi) is 6.60. The number of aliphatic hydroxyl groups excluding tert-OH is 1. The zero-order valence-electron chi connectivity index (χ0n) is 18.4. The van der Waals surface area contributed by atoms with Gasteiger partial charge in [0, 0.05) is 18.5 Å². The number of alkyl halides is 6. The van der Waals surface area contributed by atoms with Crippen molar-refractivity contribution in [2.24, 2.45) is 0 Å². The van der Waals surface area contributed by atoms with Crippen LogP contribution >= 0.6 is 0 Å². The first-order chi connectivity index (χ1) is 16.3. The van der Waals surface area contributed by atoms with Crippen molar-refractivity contribution in [3.8, 4) is 0 Å². The molecule has 0 aromatic heterocycles. The number of nitrogens with zero attached hydrogens (tertiary/aromatic N) is 1. The van der Waals surface area contributed by atoms with Gasteiger partial charge in [-0.25, -0.2) is 4.39 Å². The van der Waals surface area contributed by atoms with Gasteiger partial charge in [0.15, 0.2) is 0 Å². The molecule has 1 unspecified atom stereocenters. The maximum atomic E-state index is 13.5. The highest BCUT2D eigenvalue weighted by Crippen LogP contribution is 2.43. The number of carbonyl (C=O) groups is 1. The van der Waals surface area contributed by atoms with Gasteiger partial charge in [0.05, 0.1) is 23.3 Å². The Morgan fingerprint density at radius 1 is 0.971 bits per heavy atom. The summed E-state index contributed by atoms with van der Waals surface area (Å²) in [6, 6.07) is 6.32. The van der Waals surface area contributed by atoms with Crippen molar-refractivity contribution in [3.63, 3.8) is 0 Å². The van der Waals surface area contributed by atoms with Crippen LogP contribution in [0.4, 0.5) is 30.7 Å². The third-order valence-corrected chi connectivity index (χ3v) is 6.61. The average molecular weight is 505 g/mol. The number of carbonyl (C=O) groups excluding carboxylic acids is 1. The van der Waals surface area contributed by atoms with E-state index in [4.69, 9.17) is 4.74 Å². The lowest BCUT2D eigenvalue weighted by molar-refractivity contribution is -0.146. The molecule has 11 heteroatoms. The van der Waals surface area contributed by atoms with Crippen molar-refractivity contribution in [3.05, 3.63) is 70.5 Å². The van der Waals surface area contributed by atoms with E-state index in [1.807, 2.05) is 0 Å². The van der Waals surface area contributed by atoms with Gasteiger partial charge in [-0.3, -0.25) is 4.79 Å². The number of ether oxygens (including phenoxy) is 1. The van der Waals surface area contributed by atoms with Crippen LogP contribution in [0, 0.1) is 5.82 Å². The largest absolute Gasteiger partial charge is 0.416 e. The molecule has 1 N–H and O–H groups in total. The highest BCUT2D eigenvalue weighted by molar-refractivity contribution is 5.82.